The standard InChI is InChI=1S/C9H13F3N4/c10-9(11,12)8-5-14-16(15-8)6-7-1-3-13-4-2-7/h5,7,13H,1-4,6H2. The minimum absolute atomic E-state index is 0.370. The Morgan fingerprint density at radius 1 is 1.38 bits per heavy atom. The first kappa shape index (κ1) is 11.4. The van der Waals surface area contributed by atoms with Crippen LogP contribution in [0.4, 0.5) is 13.2 Å². The van der Waals surface area contributed by atoms with Gasteiger partial charge in [-0.15, -0.1) is 5.10 Å². The van der Waals surface area contributed by atoms with E-state index in [1.165, 1.54) is 0 Å². The first-order valence-corrected chi connectivity index (χ1v) is 5.24. The molecule has 1 aromatic heterocycles. The molecular weight excluding hydrogens is 221 g/mol. The SMILES string of the molecule is FC(F)(F)c1cnn(CC2CCNCC2)n1. The van der Waals surface area contributed by atoms with E-state index in [-0.39, 0.29) is 0 Å². The summed E-state index contributed by atoms with van der Waals surface area (Å²) in [4.78, 5) is 1.15. The highest BCUT2D eigenvalue weighted by Gasteiger charge is 2.34. The Morgan fingerprint density at radius 3 is 2.62 bits per heavy atom. The van der Waals surface area contributed by atoms with Gasteiger partial charge < -0.3 is 5.32 Å². The van der Waals surface area contributed by atoms with Gasteiger partial charge in [0.25, 0.3) is 0 Å². The van der Waals surface area contributed by atoms with E-state index >= 15 is 0 Å². The van der Waals surface area contributed by atoms with Crippen molar-refractivity contribution in [3.8, 4) is 0 Å². The molecule has 1 aliphatic heterocycles. The molecule has 1 saturated heterocycles. The average Bonchev–Trinajstić information content (AvgIpc) is 2.67. The molecule has 16 heavy (non-hydrogen) atoms. The lowest BCUT2D eigenvalue weighted by molar-refractivity contribution is -0.141. The second-order valence-corrected chi connectivity index (χ2v) is 3.98. The topological polar surface area (TPSA) is 42.7 Å². The van der Waals surface area contributed by atoms with Crippen LogP contribution in [-0.4, -0.2) is 28.1 Å². The van der Waals surface area contributed by atoms with Crippen LogP contribution in [-0.2, 0) is 12.7 Å². The third kappa shape index (κ3) is 2.72. The van der Waals surface area contributed by atoms with Gasteiger partial charge in [0.2, 0.25) is 0 Å². The molecule has 0 radical (unpaired) electrons. The monoisotopic (exact) mass is 234 g/mol. The lowest BCUT2D eigenvalue weighted by atomic mass is 9.99. The van der Waals surface area contributed by atoms with Gasteiger partial charge >= 0.3 is 6.18 Å². The molecule has 4 nitrogen and oxygen atoms in total. The van der Waals surface area contributed by atoms with E-state index in [9.17, 15) is 13.2 Å². The van der Waals surface area contributed by atoms with Gasteiger partial charge in [0.05, 0.1) is 12.7 Å². The maximum atomic E-state index is 12.3. The highest BCUT2D eigenvalue weighted by Crippen LogP contribution is 2.26. The second-order valence-electron chi connectivity index (χ2n) is 3.98. The fourth-order valence-corrected chi connectivity index (χ4v) is 1.81. The van der Waals surface area contributed by atoms with Gasteiger partial charge in [-0.1, -0.05) is 0 Å². The Hall–Kier alpha value is -1.11. The molecule has 2 rings (SSSR count). The Morgan fingerprint density at radius 2 is 2.06 bits per heavy atom. The van der Waals surface area contributed by atoms with Crippen LogP contribution < -0.4 is 5.32 Å². The highest BCUT2D eigenvalue weighted by atomic mass is 19.4. The predicted octanol–water partition coefficient (Wildman–Crippen LogP) is 1.30. The molecule has 0 spiro atoms. The zero-order valence-electron chi connectivity index (χ0n) is 8.67. The van der Waals surface area contributed by atoms with Crippen molar-refractivity contribution in [2.24, 2.45) is 5.92 Å². The molecule has 0 amide bonds. The van der Waals surface area contributed by atoms with E-state index < -0.39 is 11.9 Å². The van der Waals surface area contributed by atoms with E-state index in [0.29, 0.717) is 12.5 Å². The Kier molecular flexibility index (Phi) is 3.13. The number of halogens is 3. The van der Waals surface area contributed by atoms with E-state index in [1.54, 1.807) is 0 Å². The van der Waals surface area contributed by atoms with E-state index in [0.717, 1.165) is 36.9 Å². The molecule has 1 aromatic rings. The number of hydrogen-bond donors (Lipinski definition) is 1. The van der Waals surface area contributed by atoms with E-state index in [4.69, 9.17) is 0 Å². The maximum Gasteiger partial charge on any atom is 0.436 e. The van der Waals surface area contributed by atoms with Crippen LogP contribution in [0.5, 0.6) is 0 Å². The fraction of sp³-hybridized carbons (Fsp3) is 0.778. The van der Waals surface area contributed by atoms with Gasteiger partial charge in [0.15, 0.2) is 5.69 Å². The lowest BCUT2D eigenvalue weighted by Gasteiger charge is -2.21. The minimum Gasteiger partial charge on any atom is -0.317 e. The number of rotatable bonds is 2. The van der Waals surface area contributed by atoms with E-state index in [1.807, 2.05) is 0 Å². The highest BCUT2D eigenvalue weighted by molar-refractivity contribution is 4.96. The number of aromatic nitrogens is 3. The van der Waals surface area contributed by atoms with Crippen molar-refractivity contribution in [3.63, 3.8) is 0 Å². The van der Waals surface area contributed by atoms with Crippen LogP contribution in [0, 0.1) is 5.92 Å². The molecule has 0 bridgehead atoms. The molecule has 0 unspecified atom stereocenters. The lowest BCUT2D eigenvalue weighted by Crippen LogP contribution is -2.30. The molecule has 0 aromatic carbocycles. The van der Waals surface area contributed by atoms with Gasteiger partial charge in [0, 0.05) is 0 Å². The van der Waals surface area contributed by atoms with Crippen LogP contribution in [0.25, 0.3) is 0 Å². The third-order valence-electron chi connectivity index (χ3n) is 2.71. The summed E-state index contributed by atoms with van der Waals surface area (Å²) in [6.07, 6.45) is -1.70. The smallest absolute Gasteiger partial charge is 0.317 e. The van der Waals surface area contributed by atoms with Gasteiger partial charge in [-0.25, -0.2) is 0 Å². The summed E-state index contributed by atoms with van der Waals surface area (Å²) >= 11 is 0. The van der Waals surface area contributed by atoms with Crippen LogP contribution >= 0.6 is 0 Å². The number of nitrogens with one attached hydrogen (secondary N) is 1. The Labute approximate surface area is 90.8 Å². The number of nitrogens with zero attached hydrogens (tertiary/aromatic N) is 3. The van der Waals surface area contributed by atoms with Crippen LogP contribution in [0.15, 0.2) is 6.20 Å². The molecule has 90 valence electrons. The summed E-state index contributed by atoms with van der Waals surface area (Å²) in [6.45, 7) is 2.30. The largest absolute Gasteiger partial charge is 0.436 e. The number of hydrogen-bond acceptors (Lipinski definition) is 3. The summed E-state index contributed by atoms with van der Waals surface area (Å²) in [5.74, 6) is 0.370. The number of alkyl halides is 3. The molecule has 2 heterocycles. The average molecular weight is 234 g/mol. The summed E-state index contributed by atoms with van der Waals surface area (Å²) in [7, 11) is 0. The van der Waals surface area contributed by atoms with Crippen LogP contribution in [0.2, 0.25) is 0 Å². The molecule has 0 atom stereocenters. The minimum atomic E-state index is -4.40. The molecule has 1 fully saturated rings. The van der Waals surface area contributed by atoms with Crippen molar-refractivity contribution in [2.45, 2.75) is 25.6 Å². The molecular formula is C9H13F3N4. The Balaban J connectivity index is 1.97. The first-order chi connectivity index (χ1) is 7.55. The third-order valence-corrected chi connectivity index (χ3v) is 2.71. The zero-order valence-corrected chi connectivity index (χ0v) is 8.67. The number of piperidine rings is 1. The van der Waals surface area contributed by atoms with Gasteiger partial charge in [-0.05, 0) is 31.8 Å². The van der Waals surface area contributed by atoms with Crippen LogP contribution in [0.1, 0.15) is 18.5 Å². The van der Waals surface area contributed by atoms with Gasteiger partial charge in [0.1, 0.15) is 0 Å². The normalized spacial score (nSPS) is 18.9. The molecule has 0 saturated carbocycles. The van der Waals surface area contributed by atoms with Gasteiger partial charge in [-0.3, -0.25) is 0 Å². The van der Waals surface area contributed by atoms with E-state index in [2.05, 4.69) is 15.5 Å². The summed E-state index contributed by atoms with van der Waals surface area (Å²) < 4.78 is 36.8. The summed E-state index contributed by atoms with van der Waals surface area (Å²) in [5, 5.41) is 10.3. The van der Waals surface area contributed by atoms with Gasteiger partial charge in [-0.2, -0.15) is 23.1 Å². The van der Waals surface area contributed by atoms with Crippen molar-refractivity contribution >= 4 is 0 Å². The van der Waals surface area contributed by atoms with Crippen molar-refractivity contribution in [1.82, 2.24) is 20.3 Å². The summed E-state index contributed by atoms with van der Waals surface area (Å²) in [5.41, 5.74) is -0.915. The molecule has 0 aliphatic carbocycles. The fourth-order valence-electron chi connectivity index (χ4n) is 1.81. The second kappa shape index (κ2) is 4.40. The van der Waals surface area contributed by atoms with Crippen LogP contribution in [0.3, 0.4) is 0 Å². The predicted molar refractivity (Wildman–Crippen MR) is 50.6 cm³/mol. The first-order valence-electron chi connectivity index (χ1n) is 5.24. The molecule has 1 aliphatic rings. The molecule has 7 heteroatoms. The quantitative estimate of drug-likeness (QED) is 0.838. The zero-order chi connectivity index (χ0) is 11.6. The molecule has 1 N–H and O–H groups in total. The van der Waals surface area contributed by atoms with Crippen molar-refractivity contribution in [3.05, 3.63) is 11.9 Å². The maximum absolute atomic E-state index is 12.3. The van der Waals surface area contributed by atoms with Crippen molar-refractivity contribution in [2.75, 3.05) is 13.1 Å². The van der Waals surface area contributed by atoms with Crippen molar-refractivity contribution < 1.29 is 13.2 Å². The summed E-state index contributed by atoms with van der Waals surface area (Å²) in [6, 6.07) is 0. The Bertz CT molecular complexity index is 341. The van der Waals surface area contributed by atoms with Crippen molar-refractivity contribution in [1.29, 1.82) is 0 Å².